The highest BCUT2D eigenvalue weighted by Crippen LogP contribution is 2.43. The molecule has 1 saturated carbocycles. The number of hydrogen-bond donors (Lipinski definition) is 3. The highest BCUT2D eigenvalue weighted by molar-refractivity contribution is 6.32. The Morgan fingerprint density at radius 2 is 1.97 bits per heavy atom. The van der Waals surface area contributed by atoms with Gasteiger partial charge in [-0.25, -0.2) is 18.6 Å². The first kappa shape index (κ1) is 25.5. The quantitative estimate of drug-likeness (QED) is 0.435. The fraction of sp³-hybridized carbons (Fsp3) is 0.480. The third-order valence-electron chi connectivity index (χ3n) is 7.25. The van der Waals surface area contributed by atoms with Crippen LogP contribution in [-0.2, 0) is 17.6 Å². The van der Waals surface area contributed by atoms with Crippen LogP contribution in [0.5, 0.6) is 5.75 Å². The van der Waals surface area contributed by atoms with E-state index in [4.69, 9.17) is 26.8 Å². The van der Waals surface area contributed by atoms with E-state index in [0.29, 0.717) is 54.2 Å². The van der Waals surface area contributed by atoms with Gasteiger partial charge in [0.15, 0.2) is 5.82 Å². The number of hydrogen-bond acceptors (Lipinski definition) is 8. The molecule has 3 aliphatic rings. The van der Waals surface area contributed by atoms with Crippen molar-refractivity contribution in [1.82, 2.24) is 14.9 Å². The number of benzene rings is 1. The molecule has 0 radical (unpaired) electrons. The van der Waals surface area contributed by atoms with Crippen LogP contribution in [0, 0.1) is 11.8 Å². The van der Waals surface area contributed by atoms with Gasteiger partial charge in [-0.1, -0.05) is 23.8 Å². The zero-order valence-electron chi connectivity index (χ0n) is 20.3. The first-order chi connectivity index (χ1) is 17.8. The minimum atomic E-state index is -2.36. The summed E-state index contributed by atoms with van der Waals surface area (Å²) in [7, 11) is 1.57. The molecular weight excluding hydrogens is 506 g/mol. The average Bonchev–Trinajstić information content (AvgIpc) is 3.39. The van der Waals surface area contributed by atoms with Gasteiger partial charge >= 0.3 is 6.09 Å². The Kier molecular flexibility index (Phi) is 7.34. The van der Waals surface area contributed by atoms with Gasteiger partial charge in [0.25, 0.3) is 6.43 Å². The summed E-state index contributed by atoms with van der Waals surface area (Å²) in [5, 5.41) is 6.86. The number of alkyl halides is 2. The van der Waals surface area contributed by atoms with Crippen molar-refractivity contribution in [1.29, 1.82) is 0 Å². The summed E-state index contributed by atoms with van der Waals surface area (Å²) in [6, 6.07) is 3.68. The molecule has 198 valence electrons. The van der Waals surface area contributed by atoms with Crippen LogP contribution >= 0.6 is 11.6 Å². The number of carbonyl (C=O) groups excluding carboxylic acids is 1. The molecule has 4 unspecified atom stereocenters. The minimum absolute atomic E-state index is 0.0914. The van der Waals surface area contributed by atoms with Gasteiger partial charge in [-0.05, 0) is 42.5 Å². The molecule has 1 aliphatic heterocycles. The zero-order chi connectivity index (χ0) is 26.1. The van der Waals surface area contributed by atoms with Gasteiger partial charge in [-0.2, -0.15) is 4.98 Å². The van der Waals surface area contributed by atoms with Crippen LogP contribution in [0.3, 0.4) is 0 Å². The third-order valence-corrected chi connectivity index (χ3v) is 7.52. The van der Waals surface area contributed by atoms with Crippen molar-refractivity contribution in [3.8, 4) is 5.75 Å². The number of methoxy groups -OCH3 is 1. The highest BCUT2D eigenvalue weighted by atomic mass is 35.5. The van der Waals surface area contributed by atoms with Gasteiger partial charge in [-0.15, -0.1) is 0 Å². The maximum absolute atomic E-state index is 12.9. The van der Waals surface area contributed by atoms with Gasteiger partial charge in [-0.3, -0.25) is 4.90 Å². The Morgan fingerprint density at radius 3 is 2.68 bits per heavy atom. The molecule has 1 fully saturated rings. The Balaban J connectivity index is 1.35. The van der Waals surface area contributed by atoms with E-state index in [2.05, 4.69) is 26.7 Å². The second-order valence-corrected chi connectivity index (χ2v) is 9.96. The normalized spacial score (nSPS) is 24.6. The van der Waals surface area contributed by atoms with Crippen LogP contribution in [0.4, 0.5) is 31.0 Å². The number of amides is 1. The van der Waals surface area contributed by atoms with E-state index in [1.165, 1.54) is 6.20 Å². The van der Waals surface area contributed by atoms with Crippen molar-refractivity contribution in [3.05, 3.63) is 46.6 Å². The SMILES string of the molecule is COc1cc2c(cc1Nc1ncc(Cl)c(NC3C4C=CC(C4)C3OC(N)=O)n1)CCN(CC(F)F)CC2. The first-order valence-electron chi connectivity index (χ1n) is 12.2. The summed E-state index contributed by atoms with van der Waals surface area (Å²) in [5.74, 6) is 1.55. The second kappa shape index (κ2) is 10.7. The average molecular weight is 535 g/mol. The lowest BCUT2D eigenvalue weighted by Gasteiger charge is -2.28. The standard InChI is InChI=1S/C25H29ClF2N6O3/c1-36-19-10-14-5-7-34(12-20(27)28)6-4-13(14)9-18(19)31-25-30-11-17(26)23(33-25)32-21-15-2-3-16(8-15)22(21)37-24(29)35/h2-3,9-11,15-16,20-22H,4-8,12H2,1H3,(H2,29,35)(H2,30,31,32,33). The third kappa shape index (κ3) is 5.57. The minimum Gasteiger partial charge on any atom is -0.495 e. The van der Waals surface area contributed by atoms with Gasteiger partial charge in [0.05, 0.1) is 31.6 Å². The fourth-order valence-electron chi connectivity index (χ4n) is 5.51. The van der Waals surface area contributed by atoms with Crippen LogP contribution < -0.4 is 21.1 Å². The van der Waals surface area contributed by atoms with Crippen molar-refractivity contribution in [2.45, 2.75) is 37.8 Å². The number of halogens is 3. The van der Waals surface area contributed by atoms with E-state index in [1.807, 2.05) is 18.2 Å². The van der Waals surface area contributed by atoms with E-state index < -0.39 is 18.6 Å². The second-order valence-electron chi connectivity index (χ2n) is 9.55. The molecular formula is C25H29ClF2N6O3. The maximum atomic E-state index is 12.9. The number of carbonyl (C=O) groups is 1. The monoisotopic (exact) mass is 534 g/mol. The number of nitrogens with zero attached hydrogens (tertiary/aromatic N) is 3. The van der Waals surface area contributed by atoms with E-state index in [9.17, 15) is 13.6 Å². The van der Waals surface area contributed by atoms with E-state index in [0.717, 1.165) is 17.5 Å². The molecule has 5 rings (SSSR count). The predicted molar refractivity (Wildman–Crippen MR) is 136 cm³/mol. The Labute approximate surface area is 218 Å². The molecule has 37 heavy (non-hydrogen) atoms. The molecule has 2 bridgehead atoms. The van der Waals surface area contributed by atoms with E-state index in [1.54, 1.807) is 12.0 Å². The largest absolute Gasteiger partial charge is 0.495 e. The first-order valence-corrected chi connectivity index (χ1v) is 12.6. The van der Waals surface area contributed by atoms with E-state index >= 15 is 0 Å². The van der Waals surface area contributed by atoms with Crippen LogP contribution in [0.1, 0.15) is 17.5 Å². The molecule has 0 spiro atoms. The van der Waals surface area contributed by atoms with Crippen LogP contribution in [-0.4, -0.2) is 66.3 Å². The molecule has 2 aromatic rings. The topological polar surface area (TPSA) is 115 Å². The molecule has 9 nitrogen and oxygen atoms in total. The van der Waals surface area contributed by atoms with E-state index in [-0.39, 0.29) is 24.4 Å². The van der Waals surface area contributed by atoms with Gasteiger partial charge in [0, 0.05) is 24.9 Å². The number of anilines is 3. The number of nitrogens with one attached hydrogen (secondary N) is 2. The number of aromatic nitrogens is 2. The van der Waals surface area contributed by atoms with Crippen molar-refractivity contribution in [3.63, 3.8) is 0 Å². The van der Waals surface area contributed by atoms with Crippen LogP contribution in [0.15, 0.2) is 30.5 Å². The number of rotatable bonds is 8. The lowest BCUT2D eigenvalue weighted by molar-refractivity contribution is 0.0853. The van der Waals surface area contributed by atoms with Crippen molar-refractivity contribution in [2.24, 2.45) is 17.6 Å². The molecule has 2 aliphatic carbocycles. The Morgan fingerprint density at radius 1 is 1.24 bits per heavy atom. The van der Waals surface area contributed by atoms with Crippen LogP contribution in [0.2, 0.25) is 5.02 Å². The zero-order valence-corrected chi connectivity index (χ0v) is 21.0. The lowest BCUT2D eigenvalue weighted by atomic mass is 9.98. The van der Waals surface area contributed by atoms with Gasteiger partial charge < -0.3 is 25.8 Å². The fourth-order valence-corrected chi connectivity index (χ4v) is 5.66. The Bertz CT molecular complexity index is 1200. The van der Waals surface area contributed by atoms with Gasteiger partial charge in [0.2, 0.25) is 5.95 Å². The summed E-state index contributed by atoms with van der Waals surface area (Å²) in [6.07, 6.45) is 4.21. The number of fused-ring (bicyclic) bond motifs is 3. The molecule has 2 heterocycles. The number of ether oxygens (including phenoxy) is 2. The summed E-state index contributed by atoms with van der Waals surface area (Å²) < 4.78 is 36.7. The summed E-state index contributed by atoms with van der Waals surface area (Å²) in [4.78, 5) is 22.1. The van der Waals surface area contributed by atoms with Crippen LogP contribution in [0.25, 0.3) is 0 Å². The molecule has 12 heteroatoms. The molecule has 4 atom stereocenters. The van der Waals surface area contributed by atoms with Crippen molar-refractivity contribution < 1.29 is 23.0 Å². The number of nitrogens with two attached hydrogens (primary N) is 1. The predicted octanol–water partition coefficient (Wildman–Crippen LogP) is 4.00. The maximum Gasteiger partial charge on any atom is 0.404 e. The summed E-state index contributed by atoms with van der Waals surface area (Å²) >= 11 is 6.41. The molecule has 0 saturated heterocycles. The summed E-state index contributed by atoms with van der Waals surface area (Å²) in [6.45, 7) is 0.900. The Hall–Kier alpha value is -3.18. The lowest BCUT2D eigenvalue weighted by Crippen LogP contribution is -2.41. The summed E-state index contributed by atoms with van der Waals surface area (Å²) in [5.41, 5.74) is 8.09. The molecule has 4 N–H and O–H groups in total. The molecule has 1 amide bonds. The van der Waals surface area contributed by atoms with Crippen molar-refractivity contribution in [2.75, 3.05) is 37.4 Å². The molecule has 1 aromatic heterocycles. The molecule has 1 aromatic carbocycles. The smallest absolute Gasteiger partial charge is 0.404 e. The van der Waals surface area contributed by atoms with Crippen molar-refractivity contribution >= 4 is 35.1 Å². The highest BCUT2D eigenvalue weighted by Gasteiger charge is 2.47. The number of primary amides is 1. The van der Waals surface area contributed by atoms with Gasteiger partial charge in [0.1, 0.15) is 16.9 Å².